The van der Waals surface area contributed by atoms with E-state index in [0.29, 0.717) is 19.4 Å². The molecule has 0 aromatic rings. The number of hydrogen-bond acceptors (Lipinski definition) is 5. The molecule has 54 heavy (non-hydrogen) atoms. The van der Waals surface area contributed by atoms with Crippen molar-refractivity contribution in [1.82, 2.24) is 5.32 Å². The van der Waals surface area contributed by atoms with Crippen molar-refractivity contribution in [2.75, 3.05) is 13.2 Å². The second-order valence-electron chi connectivity index (χ2n) is 15.7. The van der Waals surface area contributed by atoms with Gasteiger partial charge in [0.15, 0.2) is 0 Å². The number of esters is 1. The predicted octanol–water partition coefficient (Wildman–Crippen LogP) is 13.3. The Bertz CT molecular complexity index is 884. The van der Waals surface area contributed by atoms with Crippen LogP contribution in [0.3, 0.4) is 0 Å². The summed E-state index contributed by atoms with van der Waals surface area (Å²) in [5.74, 6) is -0.141. The lowest BCUT2D eigenvalue weighted by Crippen LogP contribution is -2.45. The first-order valence-corrected chi connectivity index (χ1v) is 23.3. The molecule has 316 valence electrons. The lowest BCUT2D eigenvalue weighted by molar-refractivity contribution is -0.143. The Balaban J connectivity index is 3.56. The SMILES string of the molecule is CCC/C=C\C/C=C\CCCCCCCC(=O)OCCCCCCCCCCCC(=O)NC(CO)C(O)/C=C/CCCCCCCCCCCCCCC. The Hall–Kier alpha value is -1.92. The van der Waals surface area contributed by atoms with Gasteiger partial charge in [0.1, 0.15) is 0 Å². The van der Waals surface area contributed by atoms with Crippen molar-refractivity contribution in [2.45, 2.75) is 244 Å². The van der Waals surface area contributed by atoms with Crippen LogP contribution in [0.2, 0.25) is 0 Å². The molecule has 0 spiro atoms. The summed E-state index contributed by atoms with van der Waals surface area (Å²) in [6.45, 7) is 4.75. The first-order valence-electron chi connectivity index (χ1n) is 23.3. The van der Waals surface area contributed by atoms with Crippen LogP contribution in [0.25, 0.3) is 0 Å². The number of unbranched alkanes of at least 4 members (excludes halogenated alkanes) is 27. The zero-order valence-electron chi connectivity index (χ0n) is 35.7. The molecule has 0 heterocycles. The van der Waals surface area contributed by atoms with Gasteiger partial charge in [0.05, 0.1) is 25.4 Å². The van der Waals surface area contributed by atoms with E-state index in [1.807, 2.05) is 6.08 Å². The number of nitrogens with one attached hydrogen (secondary N) is 1. The summed E-state index contributed by atoms with van der Waals surface area (Å²) < 4.78 is 5.42. The number of rotatable bonds is 42. The third kappa shape index (κ3) is 39.8. The van der Waals surface area contributed by atoms with E-state index in [4.69, 9.17) is 4.74 Å². The maximum atomic E-state index is 12.4. The molecule has 0 bridgehead atoms. The van der Waals surface area contributed by atoms with Gasteiger partial charge in [-0.2, -0.15) is 0 Å². The third-order valence-corrected chi connectivity index (χ3v) is 10.4. The first-order chi connectivity index (χ1) is 26.5. The van der Waals surface area contributed by atoms with Gasteiger partial charge in [-0.1, -0.05) is 198 Å². The molecule has 6 heteroatoms. The molecule has 0 radical (unpaired) electrons. The minimum Gasteiger partial charge on any atom is -0.466 e. The van der Waals surface area contributed by atoms with Gasteiger partial charge in [-0.15, -0.1) is 0 Å². The van der Waals surface area contributed by atoms with Crippen molar-refractivity contribution in [3.05, 3.63) is 36.5 Å². The molecule has 0 aliphatic rings. The van der Waals surface area contributed by atoms with Crippen LogP contribution in [-0.2, 0) is 14.3 Å². The van der Waals surface area contributed by atoms with Crippen molar-refractivity contribution in [1.29, 1.82) is 0 Å². The molecule has 0 fully saturated rings. The number of amides is 1. The van der Waals surface area contributed by atoms with Crippen LogP contribution >= 0.6 is 0 Å². The van der Waals surface area contributed by atoms with Crippen LogP contribution in [0.5, 0.6) is 0 Å². The molecular weight excluding hydrogens is 671 g/mol. The average molecular weight is 760 g/mol. The van der Waals surface area contributed by atoms with E-state index in [2.05, 4.69) is 43.5 Å². The molecule has 0 rings (SSSR count). The van der Waals surface area contributed by atoms with E-state index >= 15 is 0 Å². The fraction of sp³-hybridized carbons (Fsp3) is 0.833. The Kier molecular flexibility index (Phi) is 42.2. The molecule has 0 aromatic heterocycles. The summed E-state index contributed by atoms with van der Waals surface area (Å²) in [5.41, 5.74) is 0. The fourth-order valence-electron chi connectivity index (χ4n) is 6.79. The highest BCUT2D eigenvalue weighted by atomic mass is 16.5. The number of ether oxygens (including phenoxy) is 1. The molecule has 0 aliphatic heterocycles. The highest BCUT2D eigenvalue weighted by Crippen LogP contribution is 2.14. The second kappa shape index (κ2) is 43.8. The fourth-order valence-corrected chi connectivity index (χ4v) is 6.79. The van der Waals surface area contributed by atoms with Crippen molar-refractivity contribution < 1.29 is 24.5 Å². The minimum absolute atomic E-state index is 0.0435. The zero-order valence-corrected chi connectivity index (χ0v) is 35.7. The summed E-state index contributed by atoms with van der Waals surface area (Å²) in [6, 6.07) is -0.648. The molecule has 3 N–H and O–H groups in total. The number of carbonyl (C=O) groups is 2. The molecule has 0 aromatic carbocycles. The van der Waals surface area contributed by atoms with E-state index in [1.54, 1.807) is 6.08 Å². The maximum Gasteiger partial charge on any atom is 0.305 e. The van der Waals surface area contributed by atoms with Crippen molar-refractivity contribution in [3.63, 3.8) is 0 Å². The molecule has 1 amide bonds. The van der Waals surface area contributed by atoms with E-state index in [-0.39, 0.29) is 18.5 Å². The van der Waals surface area contributed by atoms with Crippen LogP contribution in [0, 0.1) is 0 Å². The lowest BCUT2D eigenvalue weighted by Gasteiger charge is -2.20. The maximum absolute atomic E-state index is 12.4. The minimum atomic E-state index is -0.862. The average Bonchev–Trinajstić information content (AvgIpc) is 3.17. The summed E-state index contributed by atoms with van der Waals surface area (Å²) in [7, 11) is 0. The van der Waals surface area contributed by atoms with Crippen molar-refractivity contribution in [2.24, 2.45) is 0 Å². The Morgan fingerprint density at radius 1 is 0.519 bits per heavy atom. The second-order valence-corrected chi connectivity index (χ2v) is 15.7. The number of aliphatic hydroxyl groups is 2. The van der Waals surface area contributed by atoms with Gasteiger partial charge in [0.2, 0.25) is 5.91 Å². The Labute approximate surface area is 334 Å². The molecule has 2 unspecified atom stereocenters. The van der Waals surface area contributed by atoms with Gasteiger partial charge in [-0.05, 0) is 57.8 Å². The highest BCUT2D eigenvalue weighted by molar-refractivity contribution is 5.76. The molecule has 0 aliphatic carbocycles. The Morgan fingerprint density at radius 3 is 1.48 bits per heavy atom. The number of carbonyl (C=O) groups excluding carboxylic acids is 2. The van der Waals surface area contributed by atoms with Crippen LogP contribution in [0.15, 0.2) is 36.5 Å². The summed E-state index contributed by atoms with van der Waals surface area (Å²) in [4.78, 5) is 24.4. The monoisotopic (exact) mass is 760 g/mol. The number of hydrogen-bond donors (Lipinski definition) is 3. The van der Waals surface area contributed by atoms with E-state index < -0.39 is 12.1 Å². The van der Waals surface area contributed by atoms with Gasteiger partial charge in [-0.25, -0.2) is 0 Å². The summed E-state index contributed by atoms with van der Waals surface area (Å²) in [6.07, 6.45) is 51.2. The third-order valence-electron chi connectivity index (χ3n) is 10.4. The number of aliphatic hydroxyl groups excluding tert-OH is 2. The summed E-state index contributed by atoms with van der Waals surface area (Å²) in [5, 5.41) is 23.0. The summed E-state index contributed by atoms with van der Waals surface area (Å²) >= 11 is 0. The standard InChI is InChI=1S/C48H89NO5/c1-3-5-7-9-11-13-15-17-18-20-21-24-28-32-36-40-46(51)45(44-50)49-47(52)41-37-33-29-25-23-27-31-35-39-43-54-48(53)42-38-34-30-26-22-19-16-14-12-10-8-6-4-2/h8,10,14,16,36,40,45-46,50-51H,3-7,9,11-13,15,17-35,37-39,41-44H2,1-2H3,(H,49,52)/b10-8-,16-14-,40-36+. The van der Waals surface area contributed by atoms with Gasteiger partial charge < -0.3 is 20.3 Å². The molecular formula is C48H89NO5. The van der Waals surface area contributed by atoms with Gasteiger partial charge in [-0.3, -0.25) is 9.59 Å². The van der Waals surface area contributed by atoms with Crippen LogP contribution in [-0.4, -0.2) is 47.4 Å². The van der Waals surface area contributed by atoms with E-state index in [0.717, 1.165) is 70.6 Å². The number of allylic oxidation sites excluding steroid dienone is 5. The highest BCUT2D eigenvalue weighted by Gasteiger charge is 2.18. The van der Waals surface area contributed by atoms with Gasteiger partial charge in [0, 0.05) is 12.8 Å². The largest absolute Gasteiger partial charge is 0.466 e. The molecule has 2 atom stereocenters. The van der Waals surface area contributed by atoms with Gasteiger partial charge in [0.25, 0.3) is 0 Å². The molecule has 0 saturated carbocycles. The zero-order chi connectivity index (χ0) is 39.4. The van der Waals surface area contributed by atoms with Crippen LogP contribution in [0.4, 0.5) is 0 Å². The molecule has 0 saturated heterocycles. The normalized spacial score (nSPS) is 13.0. The van der Waals surface area contributed by atoms with Crippen LogP contribution < -0.4 is 5.32 Å². The lowest BCUT2D eigenvalue weighted by atomic mass is 10.0. The van der Waals surface area contributed by atoms with Gasteiger partial charge >= 0.3 is 5.97 Å². The molecule has 6 nitrogen and oxygen atoms in total. The Morgan fingerprint density at radius 2 is 0.963 bits per heavy atom. The topological polar surface area (TPSA) is 95.9 Å². The quantitative estimate of drug-likeness (QED) is 0.0327. The van der Waals surface area contributed by atoms with Crippen molar-refractivity contribution >= 4 is 11.9 Å². The van der Waals surface area contributed by atoms with E-state index in [9.17, 15) is 19.8 Å². The van der Waals surface area contributed by atoms with Crippen LogP contribution in [0.1, 0.15) is 232 Å². The van der Waals surface area contributed by atoms with E-state index in [1.165, 1.54) is 135 Å². The van der Waals surface area contributed by atoms with Crippen molar-refractivity contribution in [3.8, 4) is 0 Å². The smallest absolute Gasteiger partial charge is 0.305 e. The predicted molar refractivity (Wildman–Crippen MR) is 232 cm³/mol. The first kappa shape index (κ1) is 52.1.